The van der Waals surface area contributed by atoms with Crippen LogP contribution in [0.5, 0.6) is 0 Å². The lowest BCUT2D eigenvalue weighted by Gasteiger charge is -2.10. The number of aromatic nitrogens is 2. The Morgan fingerprint density at radius 3 is 2.64 bits per heavy atom. The number of nitrogens with one attached hydrogen (secondary N) is 2. The Balaban J connectivity index is 1.41. The van der Waals surface area contributed by atoms with Gasteiger partial charge in [0, 0.05) is 12.1 Å². The van der Waals surface area contributed by atoms with Crippen molar-refractivity contribution in [2.45, 2.75) is 25.8 Å². The lowest BCUT2D eigenvalue weighted by atomic mass is 10.1. The Bertz CT molecular complexity index is 993. The van der Waals surface area contributed by atoms with Crippen LogP contribution < -0.4 is 10.6 Å². The number of aryl methyl sites for hydroxylation is 1. The summed E-state index contributed by atoms with van der Waals surface area (Å²) in [4.78, 5) is 24.7. The molecule has 6 nitrogen and oxygen atoms in total. The SMILES string of the molecule is Cc1ccc(-c2cnn3c2NC(=O)C3CC(=O)NCCc2ccccc2)cc1. The molecule has 1 unspecified atom stereocenters. The van der Waals surface area contributed by atoms with Gasteiger partial charge in [-0.05, 0) is 24.5 Å². The van der Waals surface area contributed by atoms with Crippen molar-refractivity contribution in [1.29, 1.82) is 0 Å². The number of hydrogen-bond donors (Lipinski definition) is 2. The van der Waals surface area contributed by atoms with Gasteiger partial charge >= 0.3 is 0 Å². The Morgan fingerprint density at radius 2 is 1.89 bits per heavy atom. The van der Waals surface area contributed by atoms with Crippen LogP contribution in [0.25, 0.3) is 11.1 Å². The Morgan fingerprint density at radius 1 is 1.14 bits per heavy atom. The highest BCUT2D eigenvalue weighted by atomic mass is 16.2. The van der Waals surface area contributed by atoms with E-state index in [1.54, 1.807) is 10.9 Å². The molecule has 2 aromatic carbocycles. The zero-order chi connectivity index (χ0) is 19.5. The summed E-state index contributed by atoms with van der Waals surface area (Å²) in [6.07, 6.45) is 2.57. The molecule has 1 atom stereocenters. The van der Waals surface area contributed by atoms with Crippen LogP contribution in [0.2, 0.25) is 0 Å². The van der Waals surface area contributed by atoms with Crippen molar-refractivity contribution in [3.63, 3.8) is 0 Å². The van der Waals surface area contributed by atoms with Gasteiger partial charge in [-0.3, -0.25) is 9.59 Å². The fourth-order valence-corrected chi connectivity index (χ4v) is 3.40. The van der Waals surface area contributed by atoms with Gasteiger partial charge in [-0.2, -0.15) is 5.10 Å². The number of anilines is 1. The number of amides is 2. The maximum Gasteiger partial charge on any atom is 0.251 e. The molecule has 0 saturated heterocycles. The summed E-state index contributed by atoms with van der Waals surface area (Å²) in [5.41, 5.74) is 4.18. The normalized spacial score (nSPS) is 15.2. The highest BCUT2D eigenvalue weighted by Crippen LogP contribution is 2.35. The van der Waals surface area contributed by atoms with Crippen molar-refractivity contribution in [3.8, 4) is 11.1 Å². The molecule has 2 amide bonds. The smallest absolute Gasteiger partial charge is 0.251 e. The summed E-state index contributed by atoms with van der Waals surface area (Å²) >= 11 is 0. The molecule has 142 valence electrons. The van der Waals surface area contributed by atoms with Crippen molar-refractivity contribution in [2.24, 2.45) is 0 Å². The molecule has 0 saturated carbocycles. The zero-order valence-corrected chi connectivity index (χ0v) is 15.7. The number of carbonyl (C=O) groups excluding carboxylic acids is 2. The first-order valence-corrected chi connectivity index (χ1v) is 9.38. The van der Waals surface area contributed by atoms with Crippen LogP contribution >= 0.6 is 0 Å². The molecule has 2 heterocycles. The van der Waals surface area contributed by atoms with Crippen LogP contribution in [-0.2, 0) is 16.0 Å². The van der Waals surface area contributed by atoms with Gasteiger partial charge in [0.1, 0.15) is 11.9 Å². The molecule has 0 fully saturated rings. The molecule has 1 aliphatic rings. The minimum Gasteiger partial charge on any atom is -0.356 e. The molecular weight excluding hydrogens is 352 g/mol. The van der Waals surface area contributed by atoms with E-state index in [9.17, 15) is 9.59 Å². The highest BCUT2D eigenvalue weighted by molar-refractivity contribution is 6.02. The molecule has 0 bridgehead atoms. The minimum absolute atomic E-state index is 0.0721. The van der Waals surface area contributed by atoms with Gasteiger partial charge in [-0.25, -0.2) is 4.68 Å². The summed E-state index contributed by atoms with van der Waals surface area (Å²) in [6.45, 7) is 2.57. The van der Waals surface area contributed by atoms with E-state index in [4.69, 9.17) is 0 Å². The van der Waals surface area contributed by atoms with E-state index in [1.807, 2.05) is 61.5 Å². The molecular formula is C22H22N4O2. The molecule has 28 heavy (non-hydrogen) atoms. The van der Waals surface area contributed by atoms with Crippen LogP contribution in [0.4, 0.5) is 5.82 Å². The number of hydrogen-bond acceptors (Lipinski definition) is 3. The van der Waals surface area contributed by atoms with Crippen LogP contribution in [0, 0.1) is 6.92 Å². The van der Waals surface area contributed by atoms with E-state index >= 15 is 0 Å². The van der Waals surface area contributed by atoms with E-state index < -0.39 is 6.04 Å². The van der Waals surface area contributed by atoms with Crippen molar-refractivity contribution in [2.75, 3.05) is 11.9 Å². The number of fused-ring (bicyclic) bond motifs is 1. The second-order valence-corrected chi connectivity index (χ2v) is 7.01. The van der Waals surface area contributed by atoms with E-state index in [1.165, 1.54) is 11.1 Å². The van der Waals surface area contributed by atoms with Crippen molar-refractivity contribution in [1.82, 2.24) is 15.1 Å². The molecule has 4 rings (SSSR count). The largest absolute Gasteiger partial charge is 0.356 e. The van der Waals surface area contributed by atoms with Gasteiger partial charge in [0.15, 0.2) is 0 Å². The number of benzene rings is 2. The maximum atomic E-state index is 12.4. The highest BCUT2D eigenvalue weighted by Gasteiger charge is 2.34. The summed E-state index contributed by atoms with van der Waals surface area (Å²) < 4.78 is 1.62. The number of carbonyl (C=O) groups is 2. The van der Waals surface area contributed by atoms with Crippen LogP contribution in [-0.4, -0.2) is 28.1 Å². The van der Waals surface area contributed by atoms with Crippen molar-refractivity contribution >= 4 is 17.6 Å². The molecule has 6 heteroatoms. The molecule has 2 N–H and O–H groups in total. The monoisotopic (exact) mass is 374 g/mol. The first-order chi connectivity index (χ1) is 13.6. The minimum atomic E-state index is -0.620. The van der Waals surface area contributed by atoms with Crippen LogP contribution in [0.3, 0.4) is 0 Å². The third-order valence-corrected chi connectivity index (χ3v) is 4.95. The summed E-state index contributed by atoms with van der Waals surface area (Å²) in [5, 5.41) is 10.1. The fraction of sp³-hybridized carbons (Fsp3) is 0.227. The van der Waals surface area contributed by atoms with Crippen molar-refractivity contribution in [3.05, 3.63) is 71.9 Å². The first-order valence-electron chi connectivity index (χ1n) is 9.38. The van der Waals surface area contributed by atoms with E-state index in [2.05, 4.69) is 15.7 Å². The van der Waals surface area contributed by atoms with Gasteiger partial charge in [0.2, 0.25) is 5.91 Å². The second-order valence-electron chi connectivity index (χ2n) is 7.01. The topological polar surface area (TPSA) is 76.0 Å². The molecule has 1 aromatic heterocycles. The fourth-order valence-electron chi connectivity index (χ4n) is 3.40. The first kappa shape index (κ1) is 18.0. The predicted molar refractivity (Wildman–Crippen MR) is 108 cm³/mol. The van der Waals surface area contributed by atoms with E-state index in [0.717, 1.165) is 17.5 Å². The lowest BCUT2D eigenvalue weighted by molar-refractivity contribution is -0.126. The molecule has 1 aliphatic heterocycles. The predicted octanol–water partition coefficient (Wildman–Crippen LogP) is 3.10. The average molecular weight is 374 g/mol. The molecule has 0 spiro atoms. The maximum absolute atomic E-state index is 12.4. The van der Waals surface area contributed by atoms with Gasteiger partial charge < -0.3 is 10.6 Å². The van der Waals surface area contributed by atoms with Crippen LogP contribution in [0.15, 0.2) is 60.8 Å². The Hall–Kier alpha value is -3.41. The summed E-state index contributed by atoms with van der Waals surface area (Å²) in [5.74, 6) is 0.293. The Labute approximate surface area is 163 Å². The van der Waals surface area contributed by atoms with E-state index in [0.29, 0.717) is 12.4 Å². The van der Waals surface area contributed by atoms with Crippen molar-refractivity contribution < 1.29 is 9.59 Å². The molecule has 0 radical (unpaired) electrons. The third-order valence-electron chi connectivity index (χ3n) is 4.95. The van der Waals surface area contributed by atoms with E-state index in [-0.39, 0.29) is 18.2 Å². The van der Waals surface area contributed by atoms with Gasteiger partial charge in [0.25, 0.3) is 5.91 Å². The standard InChI is InChI=1S/C22H22N4O2/c1-15-7-9-17(10-8-15)18-14-24-26-19(22(28)25-21(18)26)13-20(27)23-12-11-16-5-3-2-4-6-16/h2-10,14,19H,11-13H2,1H3,(H,23,27)(H,25,28). The quantitative estimate of drug-likeness (QED) is 0.696. The zero-order valence-electron chi connectivity index (χ0n) is 15.7. The molecule has 0 aliphatic carbocycles. The number of rotatable bonds is 6. The Kier molecular flexibility index (Phi) is 4.93. The average Bonchev–Trinajstić information content (AvgIpc) is 3.23. The number of nitrogens with zero attached hydrogens (tertiary/aromatic N) is 2. The summed E-state index contributed by atoms with van der Waals surface area (Å²) in [6, 6.07) is 17.4. The molecule has 3 aromatic rings. The van der Waals surface area contributed by atoms with Gasteiger partial charge in [-0.1, -0.05) is 60.2 Å². The lowest BCUT2D eigenvalue weighted by Crippen LogP contribution is -2.30. The van der Waals surface area contributed by atoms with Gasteiger partial charge in [-0.15, -0.1) is 0 Å². The summed E-state index contributed by atoms with van der Waals surface area (Å²) in [7, 11) is 0. The second kappa shape index (κ2) is 7.68. The van der Waals surface area contributed by atoms with Gasteiger partial charge in [0.05, 0.1) is 12.6 Å². The third kappa shape index (κ3) is 3.67. The van der Waals surface area contributed by atoms with Crippen LogP contribution in [0.1, 0.15) is 23.6 Å².